The summed E-state index contributed by atoms with van der Waals surface area (Å²) in [5.41, 5.74) is 1.61. The van der Waals surface area contributed by atoms with Crippen LogP contribution in [0.4, 0.5) is 5.69 Å². The van der Waals surface area contributed by atoms with E-state index in [0.29, 0.717) is 25.1 Å². The summed E-state index contributed by atoms with van der Waals surface area (Å²) in [5, 5.41) is 16.9. The SMILES string of the molecule is CCCC(C)NC(=O)C1N([C@@H](CO)Cc2ccccc2)C(=O)[C@@H]2[C@H](C(=O)Nc3ccc(OCC)cc3)[C@]3(C)CCC12S3. The molecule has 3 aliphatic heterocycles. The molecule has 3 N–H and O–H groups in total. The van der Waals surface area contributed by atoms with Gasteiger partial charge >= 0.3 is 0 Å². The Balaban J connectivity index is 1.49. The molecule has 2 aromatic carbocycles. The lowest BCUT2D eigenvalue weighted by molar-refractivity contribution is -0.142. The Hall–Kier alpha value is -3.04. The van der Waals surface area contributed by atoms with Crippen molar-refractivity contribution in [2.75, 3.05) is 18.5 Å². The fourth-order valence-corrected chi connectivity index (χ4v) is 9.79. The van der Waals surface area contributed by atoms with E-state index in [1.54, 1.807) is 28.8 Å². The van der Waals surface area contributed by atoms with Gasteiger partial charge in [-0.2, -0.15) is 0 Å². The predicted molar refractivity (Wildman–Crippen MR) is 165 cm³/mol. The molecule has 0 radical (unpaired) electrons. The van der Waals surface area contributed by atoms with Gasteiger partial charge < -0.3 is 25.4 Å². The molecule has 8 nitrogen and oxygen atoms in total. The number of aliphatic hydroxyl groups is 1. The molecular formula is C33H43N3O5S. The number of rotatable bonds is 12. The predicted octanol–water partition coefficient (Wildman–Crippen LogP) is 4.41. The summed E-state index contributed by atoms with van der Waals surface area (Å²) in [4.78, 5) is 44.3. The highest BCUT2D eigenvalue weighted by Gasteiger charge is 2.77. The number of ether oxygens (including phenoxy) is 1. The number of nitrogens with zero attached hydrogens (tertiary/aromatic N) is 1. The number of fused-ring (bicyclic) bond motifs is 1. The normalized spacial score (nSPS) is 29.2. The first-order valence-corrected chi connectivity index (χ1v) is 16.0. The van der Waals surface area contributed by atoms with E-state index in [-0.39, 0.29) is 30.4 Å². The summed E-state index contributed by atoms with van der Waals surface area (Å²) in [6.07, 6.45) is 3.57. The first-order chi connectivity index (χ1) is 20.2. The van der Waals surface area contributed by atoms with E-state index in [9.17, 15) is 19.5 Å². The van der Waals surface area contributed by atoms with Gasteiger partial charge in [-0.05, 0) is 76.3 Å². The zero-order chi connectivity index (χ0) is 30.1. The number of thioether (sulfide) groups is 1. The fraction of sp³-hybridized carbons (Fsp3) is 0.545. The van der Waals surface area contributed by atoms with Crippen LogP contribution in [-0.4, -0.2) is 68.6 Å². The lowest BCUT2D eigenvalue weighted by Gasteiger charge is -2.37. The van der Waals surface area contributed by atoms with Crippen molar-refractivity contribution in [2.45, 2.75) is 87.4 Å². The number of anilines is 1. The van der Waals surface area contributed by atoms with Crippen molar-refractivity contribution >= 4 is 35.2 Å². The molecule has 3 saturated heterocycles. The molecule has 2 bridgehead atoms. The van der Waals surface area contributed by atoms with E-state index in [2.05, 4.69) is 24.5 Å². The maximum atomic E-state index is 14.5. The van der Waals surface area contributed by atoms with Crippen LogP contribution in [-0.2, 0) is 20.8 Å². The van der Waals surface area contributed by atoms with Crippen LogP contribution in [0.1, 0.15) is 58.9 Å². The quantitative estimate of drug-likeness (QED) is 0.337. The second kappa shape index (κ2) is 12.3. The molecule has 3 fully saturated rings. The number of nitrogens with one attached hydrogen (secondary N) is 2. The topological polar surface area (TPSA) is 108 Å². The molecule has 5 rings (SSSR count). The van der Waals surface area contributed by atoms with Gasteiger partial charge in [-0.1, -0.05) is 43.7 Å². The molecule has 3 amide bonds. The van der Waals surface area contributed by atoms with Crippen molar-refractivity contribution < 1.29 is 24.2 Å². The Morgan fingerprint density at radius 1 is 1.10 bits per heavy atom. The van der Waals surface area contributed by atoms with Crippen molar-refractivity contribution in [2.24, 2.45) is 11.8 Å². The summed E-state index contributed by atoms with van der Waals surface area (Å²) >= 11 is 1.64. The second-order valence-corrected chi connectivity index (χ2v) is 14.0. The molecule has 2 aromatic rings. The van der Waals surface area contributed by atoms with E-state index in [1.165, 1.54) is 0 Å². The Kier molecular flexibility index (Phi) is 8.90. The smallest absolute Gasteiger partial charge is 0.244 e. The molecule has 9 heteroatoms. The van der Waals surface area contributed by atoms with Gasteiger partial charge in [-0.25, -0.2) is 0 Å². The molecule has 42 heavy (non-hydrogen) atoms. The largest absolute Gasteiger partial charge is 0.494 e. The van der Waals surface area contributed by atoms with Gasteiger partial charge in [-0.3, -0.25) is 14.4 Å². The van der Waals surface area contributed by atoms with Crippen molar-refractivity contribution in [1.29, 1.82) is 0 Å². The average Bonchev–Trinajstić information content (AvgIpc) is 3.54. The maximum Gasteiger partial charge on any atom is 0.244 e. The Morgan fingerprint density at radius 3 is 2.45 bits per heavy atom. The van der Waals surface area contributed by atoms with E-state index >= 15 is 0 Å². The number of hydrogen-bond donors (Lipinski definition) is 3. The van der Waals surface area contributed by atoms with Crippen molar-refractivity contribution in [3.63, 3.8) is 0 Å². The van der Waals surface area contributed by atoms with Gasteiger partial charge in [0.15, 0.2) is 0 Å². The molecule has 1 spiro atoms. The third kappa shape index (κ3) is 5.41. The number of carbonyl (C=O) groups is 3. The van der Waals surface area contributed by atoms with Crippen LogP contribution < -0.4 is 15.4 Å². The van der Waals surface area contributed by atoms with E-state index in [1.807, 2.05) is 56.3 Å². The van der Waals surface area contributed by atoms with Gasteiger partial charge in [0.05, 0.1) is 35.8 Å². The highest BCUT2D eigenvalue weighted by molar-refractivity contribution is 8.02. The van der Waals surface area contributed by atoms with Crippen LogP contribution in [0.3, 0.4) is 0 Å². The lowest BCUT2D eigenvalue weighted by atomic mass is 9.66. The Morgan fingerprint density at radius 2 is 1.81 bits per heavy atom. The van der Waals surface area contributed by atoms with E-state index in [4.69, 9.17) is 4.74 Å². The number of amides is 3. The average molecular weight is 594 g/mol. The van der Waals surface area contributed by atoms with Crippen LogP contribution >= 0.6 is 11.8 Å². The summed E-state index contributed by atoms with van der Waals surface area (Å²) in [6.45, 7) is 8.32. The molecule has 3 unspecified atom stereocenters. The number of likely N-dealkylation sites (tertiary alicyclic amines) is 1. The number of aliphatic hydroxyl groups excluding tert-OH is 1. The van der Waals surface area contributed by atoms with Gasteiger partial charge in [-0.15, -0.1) is 11.8 Å². The van der Waals surface area contributed by atoms with Crippen molar-refractivity contribution in [3.8, 4) is 5.75 Å². The van der Waals surface area contributed by atoms with Crippen molar-refractivity contribution in [3.05, 3.63) is 60.2 Å². The summed E-state index contributed by atoms with van der Waals surface area (Å²) in [7, 11) is 0. The Labute approximate surface area is 253 Å². The zero-order valence-corrected chi connectivity index (χ0v) is 25.8. The minimum atomic E-state index is -0.773. The van der Waals surface area contributed by atoms with Gasteiger partial charge in [0.2, 0.25) is 17.7 Å². The minimum Gasteiger partial charge on any atom is -0.494 e. The number of hydrogen-bond acceptors (Lipinski definition) is 6. The monoisotopic (exact) mass is 593 g/mol. The molecule has 226 valence electrons. The molecule has 0 aliphatic carbocycles. The third-order valence-corrected chi connectivity index (χ3v) is 11.2. The molecule has 3 heterocycles. The number of carbonyl (C=O) groups excluding carboxylic acids is 3. The number of benzene rings is 2. The first-order valence-electron chi connectivity index (χ1n) is 15.2. The van der Waals surface area contributed by atoms with Gasteiger partial charge in [0.25, 0.3) is 0 Å². The highest BCUT2D eigenvalue weighted by Crippen LogP contribution is 2.71. The van der Waals surface area contributed by atoms with Crippen molar-refractivity contribution in [1.82, 2.24) is 10.2 Å². The van der Waals surface area contributed by atoms with Crippen LogP contribution in [0.25, 0.3) is 0 Å². The fourth-order valence-electron chi connectivity index (χ4n) is 7.44. The van der Waals surface area contributed by atoms with Crippen LogP contribution in [0.5, 0.6) is 5.75 Å². The maximum absolute atomic E-state index is 14.5. The molecule has 0 saturated carbocycles. The van der Waals surface area contributed by atoms with Crippen LogP contribution in [0, 0.1) is 11.8 Å². The third-order valence-electron chi connectivity index (χ3n) is 9.21. The lowest BCUT2D eigenvalue weighted by Crippen LogP contribution is -2.58. The molecule has 3 aliphatic rings. The van der Waals surface area contributed by atoms with Gasteiger partial charge in [0.1, 0.15) is 11.8 Å². The summed E-state index contributed by atoms with van der Waals surface area (Å²) in [5.74, 6) is -1.17. The summed E-state index contributed by atoms with van der Waals surface area (Å²) < 4.78 is 4.31. The Bertz CT molecular complexity index is 1290. The zero-order valence-electron chi connectivity index (χ0n) is 25.0. The summed E-state index contributed by atoms with van der Waals surface area (Å²) in [6, 6.07) is 15.5. The first kappa shape index (κ1) is 30.4. The van der Waals surface area contributed by atoms with E-state index in [0.717, 1.165) is 30.6 Å². The van der Waals surface area contributed by atoms with Crippen LogP contribution in [0.15, 0.2) is 54.6 Å². The molecular weight excluding hydrogens is 550 g/mol. The minimum absolute atomic E-state index is 0.0467. The highest BCUT2D eigenvalue weighted by atomic mass is 32.2. The molecule has 7 atom stereocenters. The van der Waals surface area contributed by atoms with Gasteiger partial charge in [0, 0.05) is 16.5 Å². The standard InChI is InChI=1S/C33H43N3O5S/c1-5-10-21(3)34-30(39)28-33-18-17-32(4,42-33)26(29(38)35-23-13-15-25(16-14-23)41-6-2)27(33)31(40)36(28)24(20-37)19-22-11-8-7-9-12-22/h7-9,11-16,21,24,26-28,37H,5-6,10,17-20H2,1-4H3,(H,34,39)(H,35,38)/t21?,24-,26-,27+,28?,32+,33?/m1/s1. The molecule has 0 aromatic heterocycles. The second-order valence-electron chi connectivity index (χ2n) is 12.1. The van der Waals surface area contributed by atoms with E-state index < -0.39 is 33.4 Å². The van der Waals surface area contributed by atoms with Crippen LogP contribution in [0.2, 0.25) is 0 Å².